The molecule has 0 saturated carbocycles. The van der Waals surface area contributed by atoms with Gasteiger partial charge in [-0.05, 0) is 54.4 Å². The first kappa shape index (κ1) is 25.3. The SMILES string of the molecule is CCNC(=NCc1cccc(C(=O)NCc2ccco2)c1)NCc1ccc(OC)cc1.I. The van der Waals surface area contributed by atoms with E-state index in [2.05, 4.69) is 20.9 Å². The lowest BCUT2D eigenvalue weighted by atomic mass is 10.1. The Bertz CT molecular complexity index is 989. The lowest BCUT2D eigenvalue weighted by molar-refractivity contribution is 0.0948. The Balaban J connectivity index is 0.00000363. The number of nitrogens with zero attached hydrogens (tertiary/aromatic N) is 1. The zero-order valence-electron chi connectivity index (χ0n) is 18.3. The lowest BCUT2D eigenvalue weighted by Crippen LogP contribution is -2.36. The number of rotatable bonds is 9. The van der Waals surface area contributed by atoms with Crippen LogP contribution in [0.5, 0.6) is 5.75 Å². The number of carbonyl (C=O) groups is 1. The smallest absolute Gasteiger partial charge is 0.251 e. The minimum absolute atomic E-state index is 0. The Labute approximate surface area is 205 Å². The molecular formula is C24H29IN4O3. The van der Waals surface area contributed by atoms with E-state index in [1.807, 2.05) is 55.5 Å². The number of methoxy groups -OCH3 is 1. The molecule has 3 rings (SSSR count). The number of furan rings is 1. The molecule has 3 N–H and O–H groups in total. The summed E-state index contributed by atoms with van der Waals surface area (Å²) >= 11 is 0. The first-order valence-corrected chi connectivity index (χ1v) is 10.2. The van der Waals surface area contributed by atoms with Gasteiger partial charge in [-0.25, -0.2) is 4.99 Å². The fraction of sp³-hybridized carbons (Fsp3) is 0.250. The summed E-state index contributed by atoms with van der Waals surface area (Å²) in [4.78, 5) is 17.1. The summed E-state index contributed by atoms with van der Waals surface area (Å²) in [6.07, 6.45) is 1.59. The number of ether oxygens (including phenoxy) is 1. The topological polar surface area (TPSA) is 87.9 Å². The number of halogens is 1. The van der Waals surface area contributed by atoms with Crippen LogP contribution in [-0.4, -0.2) is 25.5 Å². The van der Waals surface area contributed by atoms with E-state index >= 15 is 0 Å². The average molecular weight is 548 g/mol. The molecule has 32 heavy (non-hydrogen) atoms. The molecule has 0 radical (unpaired) electrons. The van der Waals surface area contributed by atoms with Gasteiger partial charge in [0.05, 0.1) is 26.5 Å². The molecule has 7 nitrogen and oxygen atoms in total. The summed E-state index contributed by atoms with van der Waals surface area (Å²) in [5.41, 5.74) is 2.67. The van der Waals surface area contributed by atoms with Crippen molar-refractivity contribution in [2.75, 3.05) is 13.7 Å². The van der Waals surface area contributed by atoms with Gasteiger partial charge in [-0.1, -0.05) is 24.3 Å². The van der Waals surface area contributed by atoms with E-state index in [4.69, 9.17) is 9.15 Å². The molecule has 0 aliphatic rings. The summed E-state index contributed by atoms with van der Waals surface area (Å²) in [7, 11) is 1.65. The zero-order valence-corrected chi connectivity index (χ0v) is 20.6. The summed E-state index contributed by atoms with van der Waals surface area (Å²) in [5, 5.41) is 9.43. The molecule has 0 fully saturated rings. The second-order valence-electron chi connectivity index (χ2n) is 6.86. The molecule has 1 aromatic heterocycles. The predicted molar refractivity (Wildman–Crippen MR) is 136 cm³/mol. The van der Waals surface area contributed by atoms with E-state index in [0.717, 1.165) is 23.4 Å². The average Bonchev–Trinajstić information content (AvgIpc) is 3.33. The van der Waals surface area contributed by atoms with Crippen LogP contribution in [0.4, 0.5) is 0 Å². The van der Waals surface area contributed by atoms with Crippen LogP contribution in [0.25, 0.3) is 0 Å². The summed E-state index contributed by atoms with van der Waals surface area (Å²) in [6, 6.07) is 19.0. The molecule has 0 atom stereocenters. The molecule has 170 valence electrons. The fourth-order valence-electron chi connectivity index (χ4n) is 2.93. The van der Waals surface area contributed by atoms with Gasteiger partial charge in [0.25, 0.3) is 5.91 Å². The second kappa shape index (κ2) is 13.4. The van der Waals surface area contributed by atoms with Gasteiger partial charge < -0.3 is 25.1 Å². The van der Waals surface area contributed by atoms with E-state index in [1.54, 1.807) is 25.5 Å². The monoisotopic (exact) mass is 548 g/mol. The molecule has 2 aromatic carbocycles. The van der Waals surface area contributed by atoms with Gasteiger partial charge in [-0.2, -0.15) is 0 Å². The summed E-state index contributed by atoms with van der Waals surface area (Å²) in [5.74, 6) is 2.11. The van der Waals surface area contributed by atoms with Crippen molar-refractivity contribution in [2.45, 2.75) is 26.6 Å². The van der Waals surface area contributed by atoms with Crippen molar-refractivity contribution in [1.82, 2.24) is 16.0 Å². The number of hydrogen-bond acceptors (Lipinski definition) is 4. The number of nitrogens with one attached hydrogen (secondary N) is 3. The number of carbonyl (C=O) groups excluding carboxylic acids is 1. The molecular weight excluding hydrogens is 519 g/mol. The molecule has 0 unspecified atom stereocenters. The molecule has 1 amide bonds. The van der Waals surface area contributed by atoms with Crippen LogP contribution in [-0.2, 0) is 19.6 Å². The molecule has 0 spiro atoms. The van der Waals surface area contributed by atoms with Crippen LogP contribution in [0.2, 0.25) is 0 Å². The third-order valence-corrected chi connectivity index (χ3v) is 4.58. The van der Waals surface area contributed by atoms with Crippen molar-refractivity contribution in [3.8, 4) is 5.75 Å². The van der Waals surface area contributed by atoms with Crippen molar-refractivity contribution in [3.05, 3.63) is 89.4 Å². The summed E-state index contributed by atoms with van der Waals surface area (Å²) in [6.45, 7) is 4.23. The molecule has 8 heteroatoms. The largest absolute Gasteiger partial charge is 0.497 e. The third-order valence-electron chi connectivity index (χ3n) is 4.58. The Morgan fingerprint density at radius 1 is 0.969 bits per heavy atom. The molecule has 3 aromatic rings. The highest BCUT2D eigenvalue weighted by Gasteiger charge is 2.07. The van der Waals surface area contributed by atoms with Crippen LogP contribution in [0.3, 0.4) is 0 Å². The molecule has 0 aliphatic carbocycles. The van der Waals surface area contributed by atoms with Crippen LogP contribution in [0, 0.1) is 0 Å². The minimum Gasteiger partial charge on any atom is -0.497 e. The van der Waals surface area contributed by atoms with Gasteiger partial charge >= 0.3 is 0 Å². The standard InChI is InChI=1S/C24H28N4O3.HI/c1-3-25-24(27-15-18-9-11-21(30-2)12-10-18)28-16-19-6-4-7-20(14-19)23(29)26-17-22-8-5-13-31-22;/h4-14H,3,15-17H2,1-2H3,(H,26,29)(H2,25,27,28);1H. The van der Waals surface area contributed by atoms with E-state index in [0.29, 0.717) is 36.9 Å². The maximum atomic E-state index is 12.4. The first-order chi connectivity index (χ1) is 15.2. The van der Waals surface area contributed by atoms with Gasteiger partial charge in [0.2, 0.25) is 0 Å². The van der Waals surface area contributed by atoms with Crippen LogP contribution < -0.4 is 20.7 Å². The molecule has 1 heterocycles. The third kappa shape index (κ3) is 7.92. The van der Waals surface area contributed by atoms with Crippen molar-refractivity contribution in [1.29, 1.82) is 0 Å². The van der Waals surface area contributed by atoms with Crippen molar-refractivity contribution in [2.24, 2.45) is 4.99 Å². The van der Waals surface area contributed by atoms with Crippen LogP contribution >= 0.6 is 24.0 Å². The Hall–Kier alpha value is -3.01. The van der Waals surface area contributed by atoms with Crippen molar-refractivity contribution < 1.29 is 13.9 Å². The number of aliphatic imine (C=N–C) groups is 1. The van der Waals surface area contributed by atoms with Crippen molar-refractivity contribution >= 4 is 35.8 Å². The van der Waals surface area contributed by atoms with Crippen LogP contribution in [0.15, 0.2) is 76.3 Å². The number of hydrogen-bond donors (Lipinski definition) is 3. The highest BCUT2D eigenvalue weighted by molar-refractivity contribution is 14.0. The lowest BCUT2D eigenvalue weighted by Gasteiger charge is -2.12. The zero-order chi connectivity index (χ0) is 21.9. The molecule has 0 bridgehead atoms. The van der Waals surface area contributed by atoms with E-state index in [9.17, 15) is 4.79 Å². The van der Waals surface area contributed by atoms with Gasteiger partial charge in [-0.15, -0.1) is 24.0 Å². The highest BCUT2D eigenvalue weighted by atomic mass is 127. The Morgan fingerprint density at radius 3 is 2.47 bits per heavy atom. The van der Waals surface area contributed by atoms with E-state index < -0.39 is 0 Å². The molecule has 0 saturated heterocycles. The first-order valence-electron chi connectivity index (χ1n) is 10.2. The van der Waals surface area contributed by atoms with Gasteiger partial charge in [0.1, 0.15) is 11.5 Å². The Morgan fingerprint density at radius 2 is 1.78 bits per heavy atom. The maximum absolute atomic E-state index is 12.4. The van der Waals surface area contributed by atoms with Gasteiger partial charge in [-0.3, -0.25) is 4.79 Å². The highest BCUT2D eigenvalue weighted by Crippen LogP contribution is 2.11. The van der Waals surface area contributed by atoms with E-state index in [-0.39, 0.29) is 29.9 Å². The number of benzene rings is 2. The minimum atomic E-state index is -0.147. The maximum Gasteiger partial charge on any atom is 0.251 e. The quantitative estimate of drug-likeness (QED) is 0.213. The second-order valence-corrected chi connectivity index (χ2v) is 6.86. The summed E-state index contributed by atoms with van der Waals surface area (Å²) < 4.78 is 10.4. The van der Waals surface area contributed by atoms with Crippen molar-refractivity contribution in [3.63, 3.8) is 0 Å². The van der Waals surface area contributed by atoms with E-state index in [1.165, 1.54) is 0 Å². The van der Waals surface area contributed by atoms with Gasteiger partial charge in [0, 0.05) is 18.7 Å². The molecule has 0 aliphatic heterocycles. The van der Waals surface area contributed by atoms with Crippen LogP contribution in [0.1, 0.15) is 34.2 Å². The normalized spacial score (nSPS) is 10.8. The predicted octanol–water partition coefficient (Wildman–Crippen LogP) is 4.09. The number of amides is 1. The fourth-order valence-corrected chi connectivity index (χ4v) is 2.93. The number of guanidine groups is 1. The Kier molecular flexibility index (Phi) is 10.6. The van der Waals surface area contributed by atoms with Gasteiger partial charge in [0.15, 0.2) is 5.96 Å².